The highest BCUT2D eigenvalue weighted by Gasteiger charge is 2.07. The quantitative estimate of drug-likeness (QED) is 0.611. The van der Waals surface area contributed by atoms with Gasteiger partial charge < -0.3 is 15.4 Å². The van der Waals surface area contributed by atoms with Gasteiger partial charge in [0, 0.05) is 12.7 Å². The van der Waals surface area contributed by atoms with Gasteiger partial charge in [0.05, 0.1) is 17.9 Å². The molecule has 0 radical (unpaired) electrons. The van der Waals surface area contributed by atoms with Crippen LogP contribution in [0.1, 0.15) is 22.8 Å². The topological polar surface area (TPSA) is 63.2 Å². The Labute approximate surface area is 163 Å². The van der Waals surface area contributed by atoms with Crippen molar-refractivity contribution in [3.05, 3.63) is 83.8 Å². The van der Waals surface area contributed by atoms with Crippen LogP contribution in [0.5, 0.6) is 5.75 Å². The Balaban J connectivity index is 1.55. The highest BCUT2D eigenvalue weighted by molar-refractivity contribution is 5.94. The standard InChI is InChI=1S/C22H22FN3O2/c1-2-28-20-6-4-3-5-19(20)26-21-12-9-17(15-25-21)22(27)24-14-13-16-7-10-18(23)11-8-16/h3-12,15H,2,13-14H2,1H3,(H,24,27)(H,25,26). The highest BCUT2D eigenvalue weighted by atomic mass is 19.1. The predicted molar refractivity (Wildman–Crippen MR) is 108 cm³/mol. The van der Waals surface area contributed by atoms with Crippen molar-refractivity contribution in [1.29, 1.82) is 0 Å². The Kier molecular flexibility index (Phi) is 6.57. The van der Waals surface area contributed by atoms with E-state index >= 15 is 0 Å². The second-order valence-corrected chi connectivity index (χ2v) is 6.12. The Morgan fingerprint density at radius 3 is 2.57 bits per heavy atom. The van der Waals surface area contributed by atoms with E-state index in [-0.39, 0.29) is 11.7 Å². The summed E-state index contributed by atoms with van der Waals surface area (Å²) in [7, 11) is 0. The number of hydrogen-bond donors (Lipinski definition) is 2. The lowest BCUT2D eigenvalue weighted by atomic mass is 10.1. The third-order valence-electron chi connectivity index (χ3n) is 4.09. The molecule has 1 aromatic heterocycles. The minimum atomic E-state index is -0.267. The summed E-state index contributed by atoms with van der Waals surface area (Å²) in [4.78, 5) is 16.5. The molecule has 28 heavy (non-hydrogen) atoms. The molecule has 0 aliphatic carbocycles. The van der Waals surface area contributed by atoms with Gasteiger partial charge in [0.15, 0.2) is 0 Å². The second kappa shape index (κ2) is 9.50. The van der Waals surface area contributed by atoms with Crippen LogP contribution in [-0.4, -0.2) is 24.0 Å². The molecule has 3 aromatic rings. The molecule has 1 amide bonds. The van der Waals surface area contributed by atoms with Gasteiger partial charge >= 0.3 is 0 Å². The average molecular weight is 379 g/mol. The number of carbonyl (C=O) groups is 1. The summed E-state index contributed by atoms with van der Waals surface area (Å²) in [5, 5.41) is 6.04. The van der Waals surface area contributed by atoms with Crippen molar-refractivity contribution < 1.29 is 13.9 Å². The van der Waals surface area contributed by atoms with Crippen LogP contribution >= 0.6 is 0 Å². The van der Waals surface area contributed by atoms with Gasteiger partial charge in [-0.05, 0) is 55.3 Å². The van der Waals surface area contributed by atoms with Gasteiger partial charge in [-0.3, -0.25) is 4.79 Å². The molecule has 0 saturated carbocycles. The zero-order chi connectivity index (χ0) is 19.8. The van der Waals surface area contributed by atoms with E-state index in [1.54, 1.807) is 24.3 Å². The van der Waals surface area contributed by atoms with Crippen LogP contribution in [0.2, 0.25) is 0 Å². The molecule has 2 aromatic carbocycles. The maximum absolute atomic E-state index is 12.9. The van der Waals surface area contributed by atoms with Crippen LogP contribution in [-0.2, 0) is 6.42 Å². The van der Waals surface area contributed by atoms with Gasteiger partial charge in [-0.2, -0.15) is 0 Å². The molecule has 0 aliphatic rings. The molecule has 5 nitrogen and oxygen atoms in total. The first-order valence-corrected chi connectivity index (χ1v) is 9.13. The number of pyridine rings is 1. The zero-order valence-corrected chi connectivity index (χ0v) is 15.6. The minimum absolute atomic E-state index is 0.198. The summed E-state index contributed by atoms with van der Waals surface area (Å²) in [6, 6.07) is 17.3. The fourth-order valence-electron chi connectivity index (χ4n) is 2.66. The molecule has 0 unspecified atom stereocenters. The van der Waals surface area contributed by atoms with Crippen molar-refractivity contribution in [3.8, 4) is 5.75 Å². The minimum Gasteiger partial charge on any atom is -0.492 e. The van der Waals surface area contributed by atoms with Gasteiger partial charge in [0.1, 0.15) is 17.4 Å². The number of anilines is 2. The van der Waals surface area contributed by atoms with Gasteiger partial charge in [-0.25, -0.2) is 9.37 Å². The molecule has 0 saturated heterocycles. The van der Waals surface area contributed by atoms with Gasteiger partial charge in [0.25, 0.3) is 5.91 Å². The van der Waals surface area contributed by atoms with E-state index in [4.69, 9.17) is 4.74 Å². The van der Waals surface area contributed by atoms with E-state index in [2.05, 4.69) is 15.6 Å². The van der Waals surface area contributed by atoms with Crippen LogP contribution in [0.25, 0.3) is 0 Å². The zero-order valence-electron chi connectivity index (χ0n) is 15.6. The van der Waals surface area contributed by atoms with Gasteiger partial charge in [-0.15, -0.1) is 0 Å². The van der Waals surface area contributed by atoms with E-state index in [0.717, 1.165) is 17.0 Å². The Hall–Kier alpha value is -3.41. The molecular weight excluding hydrogens is 357 g/mol. The number of nitrogens with one attached hydrogen (secondary N) is 2. The lowest BCUT2D eigenvalue weighted by molar-refractivity contribution is 0.0954. The lowest BCUT2D eigenvalue weighted by Gasteiger charge is -2.12. The summed E-state index contributed by atoms with van der Waals surface area (Å²) < 4.78 is 18.5. The van der Waals surface area contributed by atoms with Crippen molar-refractivity contribution in [2.75, 3.05) is 18.5 Å². The number of nitrogens with zero attached hydrogens (tertiary/aromatic N) is 1. The van der Waals surface area contributed by atoms with Crippen LogP contribution in [0.3, 0.4) is 0 Å². The van der Waals surface area contributed by atoms with Crippen molar-refractivity contribution in [3.63, 3.8) is 0 Å². The van der Waals surface area contributed by atoms with E-state index in [1.165, 1.54) is 18.3 Å². The summed E-state index contributed by atoms with van der Waals surface area (Å²) >= 11 is 0. The number of hydrogen-bond acceptors (Lipinski definition) is 4. The van der Waals surface area contributed by atoms with Crippen molar-refractivity contribution in [2.45, 2.75) is 13.3 Å². The fourth-order valence-corrected chi connectivity index (χ4v) is 2.66. The molecule has 0 atom stereocenters. The Bertz CT molecular complexity index is 912. The van der Waals surface area contributed by atoms with Crippen molar-refractivity contribution in [1.82, 2.24) is 10.3 Å². The normalized spacial score (nSPS) is 10.4. The smallest absolute Gasteiger partial charge is 0.252 e. The number of halogens is 1. The molecule has 0 fully saturated rings. The summed E-state index contributed by atoms with van der Waals surface area (Å²) in [6.07, 6.45) is 2.16. The van der Waals surface area contributed by atoms with Crippen LogP contribution < -0.4 is 15.4 Å². The number of rotatable bonds is 8. The Morgan fingerprint density at radius 2 is 1.86 bits per heavy atom. The number of para-hydroxylation sites is 2. The molecule has 0 aliphatic heterocycles. The number of amides is 1. The first-order chi connectivity index (χ1) is 13.7. The molecule has 3 rings (SSSR count). The summed E-state index contributed by atoms with van der Waals surface area (Å²) in [6.45, 7) is 2.97. The van der Waals surface area contributed by atoms with Gasteiger partial charge in [0.2, 0.25) is 0 Å². The molecule has 0 spiro atoms. The largest absolute Gasteiger partial charge is 0.492 e. The summed E-state index contributed by atoms with van der Waals surface area (Å²) in [5.41, 5.74) is 2.25. The number of carbonyl (C=O) groups excluding carboxylic acids is 1. The maximum Gasteiger partial charge on any atom is 0.252 e. The SMILES string of the molecule is CCOc1ccccc1Nc1ccc(C(=O)NCCc2ccc(F)cc2)cn1. The highest BCUT2D eigenvalue weighted by Crippen LogP contribution is 2.26. The monoisotopic (exact) mass is 379 g/mol. The maximum atomic E-state index is 12.9. The molecule has 0 bridgehead atoms. The molecule has 2 N–H and O–H groups in total. The Morgan fingerprint density at radius 1 is 1.07 bits per heavy atom. The first-order valence-electron chi connectivity index (χ1n) is 9.13. The van der Waals surface area contributed by atoms with Crippen LogP contribution in [0, 0.1) is 5.82 Å². The molecule has 144 valence electrons. The van der Waals surface area contributed by atoms with Crippen molar-refractivity contribution in [2.24, 2.45) is 0 Å². The third kappa shape index (κ3) is 5.30. The summed E-state index contributed by atoms with van der Waals surface area (Å²) in [5.74, 6) is 0.900. The average Bonchev–Trinajstić information content (AvgIpc) is 2.71. The molecule has 6 heteroatoms. The number of aromatic nitrogens is 1. The molecule has 1 heterocycles. The van der Waals surface area contributed by atoms with E-state index in [9.17, 15) is 9.18 Å². The lowest BCUT2D eigenvalue weighted by Crippen LogP contribution is -2.25. The second-order valence-electron chi connectivity index (χ2n) is 6.12. The molecular formula is C22H22FN3O2. The van der Waals surface area contributed by atoms with E-state index in [0.29, 0.717) is 31.0 Å². The van der Waals surface area contributed by atoms with Crippen molar-refractivity contribution >= 4 is 17.4 Å². The van der Waals surface area contributed by atoms with Crippen LogP contribution in [0.15, 0.2) is 66.9 Å². The first kappa shape index (κ1) is 19.4. The van der Waals surface area contributed by atoms with E-state index in [1.807, 2.05) is 31.2 Å². The predicted octanol–water partition coefficient (Wildman–Crippen LogP) is 4.34. The number of benzene rings is 2. The van der Waals surface area contributed by atoms with Gasteiger partial charge in [-0.1, -0.05) is 24.3 Å². The third-order valence-corrected chi connectivity index (χ3v) is 4.09. The van der Waals surface area contributed by atoms with E-state index < -0.39 is 0 Å². The number of ether oxygens (including phenoxy) is 1. The fraction of sp³-hybridized carbons (Fsp3) is 0.182. The van der Waals surface area contributed by atoms with Crippen LogP contribution in [0.4, 0.5) is 15.9 Å².